The van der Waals surface area contributed by atoms with Crippen LogP contribution in [-0.2, 0) is 4.79 Å². The second kappa shape index (κ2) is 6.14. The van der Waals surface area contributed by atoms with E-state index in [1.165, 1.54) is 19.1 Å². The van der Waals surface area contributed by atoms with E-state index in [1.54, 1.807) is 13.8 Å². The first kappa shape index (κ1) is 15.3. The first-order valence-corrected chi connectivity index (χ1v) is 5.11. The Balaban J connectivity index is 4.96. The van der Waals surface area contributed by atoms with Crippen molar-refractivity contribution in [2.45, 2.75) is 39.4 Å². The molecule has 0 aromatic carbocycles. The molecule has 0 spiro atoms. The van der Waals surface area contributed by atoms with E-state index in [1.807, 2.05) is 0 Å². The molecule has 0 aliphatic carbocycles. The fourth-order valence-corrected chi connectivity index (χ4v) is 1.20. The van der Waals surface area contributed by atoms with Gasteiger partial charge in [0.1, 0.15) is 18.1 Å². The Morgan fingerprint density at radius 3 is 2.41 bits per heavy atom. The van der Waals surface area contributed by atoms with Gasteiger partial charge in [-0.1, -0.05) is 6.08 Å². The third-order valence-corrected chi connectivity index (χ3v) is 1.92. The molecule has 0 aliphatic rings. The molecule has 0 rings (SSSR count). The molecule has 0 saturated carbocycles. The summed E-state index contributed by atoms with van der Waals surface area (Å²) in [5.74, 6) is -1.19. The second-order valence-corrected chi connectivity index (χ2v) is 4.23. The summed E-state index contributed by atoms with van der Waals surface area (Å²) in [4.78, 5) is 10.8. The molecule has 0 aromatic heterocycles. The maximum Gasteiger partial charge on any atom is 0.217 e. The van der Waals surface area contributed by atoms with Crippen LogP contribution in [0, 0.1) is 11.3 Å². The highest BCUT2D eigenvalue weighted by molar-refractivity contribution is 5.74. The van der Waals surface area contributed by atoms with Crippen molar-refractivity contribution >= 4 is 5.91 Å². The van der Waals surface area contributed by atoms with Gasteiger partial charge >= 0.3 is 0 Å². The first-order chi connectivity index (χ1) is 7.69. The Labute approximate surface area is 99.8 Å². The average molecular weight is 242 g/mol. The van der Waals surface area contributed by atoms with Gasteiger partial charge in [-0.25, -0.2) is 8.78 Å². The normalized spacial score (nSPS) is 15.1. The van der Waals surface area contributed by atoms with E-state index in [4.69, 9.17) is 5.26 Å². The summed E-state index contributed by atoms with van der Waals surface area (Å²) in [6, 6.07) is 1.47. The van der Waals surface area contributed by atoms with Crippen molar-refractivity contribution in [1.29, 1.82) is 5.26 Å². The topological polar surface area (TPSA) is 52.9 Å². The van der Waals surface area contributed by atoms with E-state index in [2.05, 4.69) is 5.32 Å². The van der Waals surface area contributed by atoms with E-state index in [0.29, 0.717) is 0 Å². The van der Waals surface area contributed by atoms with Gasteiger partial charge < -0.3 is 5.32 Å². The van der Waals surface area contributed by atoms with Crippen molar-refractivity contribution in [2.75, 3.05) is 0 Å². The SMILES string of the molecule is CC(=O)NC(C)(C)/C=C\C(F)=C(\C#N)C(C)F. The number of nitriles is 1. The van der Waals surface area contributed by atoms with Crippen LogP contribution < -0.4 is 5.32 Å². The second-order valence-electron chi connectivity index (χ2n) is 4.23. The number of rotatable bonds is 4. The van der Waals surface area contributed by atoms with Gasteiger partial charge in [0.05, 0.1) is 11.1 Å². The summed E-state index contributed by atoms with van der Waals surface area (Å²) in [6.07, 6.45) is 0.696. The minimum atomic E-state index is -1.66. The molecule has 0 aliphatic heterocycles. The van der Waals surface area contributed by atoms with Crippen LogP contribution in [0.2, 0.25) is 0 Å². The Kier molecular flexibility index (Phi) is 5.52. The van der Waals surface area contributed by atoms with Crippen molar-refractivity contribution in [3.63, 3.8) is 0 Å². The van der Waals surface area contributed by atoms with Gasteiger partial charge in [-0.2, -0.15) is 5.26 Å². The molecule has 1 unspecified atom stereocenters. The van der Waals surface area contributed by atoms with Crippen LogP contribution in [0.15, 0.2) is 23.6 Å². The lowest BCUT2D eigenvalue weighted by Gasteiger charge is -2.21. The molecular formula is C12H16F2N2O. The van der Waals surface area contributed by atoms with Crippen LogP contribution in [0.4, 0.5) is 8.78 Å². The lowest BCUT2D eigenvalue weighted by Crippen LogP contribution is -2.40. The number of amides is 1. The molecule has 17 heavy (non-hydrogen) atoms. The lowest BCUT2D eigenvalue weighted by molar-refractivity contribution is -0.120. The third kappa shape index (κ3) is 5.81. The molecular weight excluding hydrogens is 226 g/mol. The maximum absolute atomic E-state index is 13.4. The molecule has 0 fully saturated rings. The molecule has 5 heteroatoms. The fraction of sp³-hybridized carbons (Fsp3) is 0.500. The summed E-state index contributed by atoms with van der Waals surface area (Å²) >= 11 is 0. The predicted octanol–water partition coefficient (Wildman–Crippen LogP) is 2.56. The average Bonchev–Trinajstić information content (AvgIpc) is 2.13. The Morgan fingerprint density at radius 1 is 1.53 bits per heavy atom. The minimum Gasteiger partial charge on any atom is -0.348 e. The van der Waals surface area contributed by atoms with Crippen LogP contribution in [-0.4, -0.2) is 17.6 Å². The number of nitrogens with one attached hydrogen (secondary N) is 1. The fourth-order valence-electron chi connectivity index (χ4n) is 1.20. The number of hydrogen-bond acceptors (Lipinski definition) is 2. The van der Waals surface area contributed by atoms with Gasteiger partial charge in [0.25, 0.3) is 0 Å². The summed E-state index contributed by atoms with van der Waals surface area (Å²) in [7, 11) is 0. The van der Waals surface area contributed by atoms with Gasteiger partial charge in [-0.3, -0.25) is 4.79 Å². The van der Waals surface area contributed by atoms with Crippen molar-refractivity contribution in [1.82, 2.24) is 5.32 Å². The predicted molar refractivity (Wildman–Crippen MR) is 61.4 cm³/mol. The van der Waals surface area contributed by atoms with Gasteiger partial charge in [-0.15, -0.1) is 0 Å². The third-order valence-electron chi connectivity index (χ3n) is 1.92. The zero-order valence-electron chi connectivity index (χ0n) is 10.3. The number of alkyl halides is 1. The zero-order chi connectivity index (χ0) is 13.6. The van der Waals surface area contributed by atoms with Gasteiger partial charge in [-0.05, 0) is 26.8 Å². The monoisotopic (exact) mass is 242 g/mol. The molecule has 3 nitrogen and oxygen atoms in total. The van der Waals surface area contributed by atoms with Crippen LogP contribution >= 0.6 is 0 Å². The smallest absolute Gasteiger partial charge is 0.217 e. The molecule has 1 N–H and O–H groups in total. The largest absolute Gasteiger partial charge is 0.348 e. The van der Waals surface area contributed by atoms with Crippen molar-refractivity contribution in [3.8, 4) is 6.07 Å². The molecule has 0 bridgehead atoms. The number of nitrogens with zero attached hydrogens (tertiary/aromatic N) is 1. The van der Waals surface area contributed by atoms with Crippen LogP contribution in [0.1, 0.15) is 27.7 Å². The lowest BCUT2D eigenvalue weighted by atomic mass is 10.0. The summed E-state index contributed by atoms with van der Waals surface area (Å²) < 4.78 is 26.2. The Bertz CT molecular complexity index is 390. The van der Waals surface area contributed by atoms with Gasteiger partial charge in [0.2, 0.25) is 5.91 Å². The van der Waals surface area contributed by atoms with Crippen LogP contribution in [0.5, 0.6) is 0 Å². The van der Waals surface area contributed by atoms with E-state index in [9.17, 15) is 13.6 Å². The van der Waals surface area contributed by atoms with E-state index >= 15 is 0 Å². The molecule has 0 heterocycles. The standard InChI is InChI=1S/C12H16F2N2O/c1-8(13)10(7-15)11(14)5-6-12(3,4)16-9(2)17/h5-6,8H,1-4H3,(H,16,17)/b6-5-,11-10+. The molecule has 1 amide bonds. The quantitative estimate of drug-likeness (QED) is 0.608. The minimum absolute atomic E-state index is 0.261. The summed E-state index contributed by atoms with van der Waals surface area (Å²) in [5.41, 5.74) is -1.32. The molecule has 0 saturated heterocycles. The van der Waals surface area contributed by atoms with Gasteiger partial charge in [0.15, 0.2) is 0 Å². The molecule has 1 atom stereocenters. The van der Waals surface area contributed by atoms with E-state index < -0.39 is 23.1 Å². The summed E-state index contributed by atoms with van der Waals surface area (Å²) in [5, 5.41) is 11.1. The number of carbonyl (C=O) groups is 1. The molecule has 94 valence electrons. The first-order valence-electron chi connectivity index (χ1n) is 5.11. The van der Waals surface area contributed by atoms with Crippen LogP contribution in [0.3, 0.4) is 0 Å². The van der Waals surface area contributed by atoms with E-state index in [-0.39, 0.29) is 5.91 Å². The number of allylic oxidation sites excluding steroid dienone is 3. The molecule has 0 aromatic rings. The summed E-state index contributed by atoms with van der Waals surface area (Å²) in [6.45, 7) is 5.74. The van der Waals surface area contributed by atoms with Gasteiger partial charge in [0, 0.05) is 6.92 Å². The van der Waals surface area contributed by atoms with Crippen molar-refractivity contribution < 1.29 is 13.6 Å². The molecule has 0 radical (unpaired) electrons. The zero-order valence-corrected chi connectivity index (χ0v) is 10.3. The highest BCUT2D eigenvalue weighted by atomic mass is 19.1. The van der Waals surface area contributed by atoms with Crippen molar-refractivity contribution in [3.05, 3.63) is 23.6 Å². The Hall–Kier alpha value is -1.70. The van der Waals surface area contributed by atoms with Crippen LogP contribution in [0.25, 0.3) is 0 Å². The maximum atomic E-state index is 13.4. The van der Waals surface area contributed by atoms with Crippen molar-refractivity contribution in [2.24, 2.45) is 0 Å². The van der Waals surface area contributed by atoms with E-state index in [0.717, 1.165) is 13.0 Å². The number of hydrogen-bond donors (Lipinski definition) is 1. The number of halogens is 2. The highest BCUT2D eigenvalue weighted by Crippen LogP contribution is 2.16. The highest BCUT2D eigenvalue weighted by Gasteiger charge is 2.16. The number of carbonyl (C=O) groups excluding carboxylic acids is 1. The Morgan fingerprint density at radius 2 is 2.06 bits per heavy atom.